The third-order valence-electron chi connectivity index (χ3n) is 5.24. The van der Waals surface area contributed by atoms with Crippen molar-refractivity contribution in [2.75, 3.05) is 26.2 Å². The van der Waals surface area contributed by atoms with Crippen LogP contribution in [0.2, 0.25) is 0 Å². The SMILES string of the molecule is Cn1c(=O)c2sccc2n2c(CN3CCN(Cc4ccc(Br)s4)CC3)nnc12. The average Bonchev–Trinajstić information content (AvgIpc) is 3.41. The molecule has 0 N–H and O–H groups in total. The molecule has 0 aromatic carbocycles. The monoisotopic (exact) mass is 478 g/mol. The van der Waals surface area contributed by atoms with Crippen LogP contribution in [-0.4, -0.2) is 55.1 Å². The maximum Gasteiger partial charge on any atom is 0.272 e. The number of piperazine rings is 1. The van der Waals surface area contributed by atoms with E-state index in [4.69, 9.17) is 0 Å². The Hall–Kier alpha value is -1.59. The molecule has 5 rings (SSSR count). The highest BCUT2D eigenvalue weighted by Gasteiger charge is 2.21. The maximum absolute atomic E-state index is 12.5. The normalized spacial score (nSPS) is 16.5. The lowest BCUT2D eigenvalue weighted by molar-refractivity contribution is 0.120. The van der Waals surface area contributed by atoms with Crippen LogP contribution in [-0.2, 0) is 20.1 Å². The Morgan fingerprint density at radius 2 is 1.82 bits per heavy atom. The van der Waals surface area contributed by atoms with Gasteiger partial charge in [-0.15, -0.1) is 32.9 Å². The Kier molecular flexibility index (Phi) is 4.84. The first-order valence-corrected chi connectivity index (χ1v) is 11.6. The number of halogens is 1. The highest BCUT2D eigenvalue weighted by Crippen LogP contribution is 2.24. The predicted molar refractivity (Wildman–Crippen MR) is 116 cm³/mol. The van der Waals surface area contributed by atoms with Crippen molar-refractivity contribution < 1.29 is 0 Å². The van der Waals surface area contributed by atoms with Crippen molar-refractivity contribution in [3.8, 4) is 0 Å². The summed E-state index contributed by atoms with van der Waals surface area (Å²) in [4.78, 5) is 18.8. The van der Waals surface area contributed by atoms with Crippen molar-refractivity contribution >= 4 is 54.6 Å². The number of aryl methyl sites for hydroxylation is 1. The Balaban J connectivity index is 1.33. The number of aromatic nitrogens is 4. The van der Waals surface area contributed by atoms with Gasteiger partial charge in [0.1, 0.15) is 4.70 Å². The number of fused-ring (bicyclic) bond motifs is 3. The summed E-state index contributed by atoms with van der Waals surface area (Å²) in [6.45, 7) is 5.83. The van der Waals surface area contributed by atoms with Gasteiger partial charge in [-0.2, -0.15) is 0 Å². The van der Waals surface area contributed by atoms with E-state index in [0.29, 0.717) is 5.78 Å². The van der Waals surface area contributed by atoms with Gasteiger partial charge in [-0.25, -0.2) is 0 Å². The zero-order valence-corrected chi connectivity index (χ0v) is 18.6. The Labute approximate surface area is 178 Å². The zero-order valence-electron chi connectivity index (χ0n) is 15.3. The average molecular weight is 479 g/mol. The third kappa shape index (κ3) is 3.22. The van der Waals surface area contributed by atoms with Gasteiger partial charge < -0.3 is 0 Å². The smallest absolute Gasteiger partial charge is 0.272 e. The highest BCUT2D eigenvalue weighted by atomic mass is 79.9. The zero-order chi connectivity index (χ0) is 19.3. The van der Waals surface area contributed by atoms with Crippen molar-refractivity contribution in [1.82, 2.24) is 29.0 Å². The molecule has 1 fully saturated rings. The molecule has 1 saturated heterocycles. The second-order valence-electron chi connectivity index (χ2n) is 7.01. The van der Waals surface area contributed by atoms with Crippen LogP contribution in [0.25, 0.3) is 16.0 Å². The van der Waals surface area contributed by atoms with Crippen molar-refractivity contribution in [2.45, 2.75) is 13.1 Å². The summed E-state index contributed by atoms with van der Waals surface area (Å²) < 4.78 is 5.56. The van der Waals surface area contributed by atoms with Gasteiger partial charge in [-0.1, -0.05) is 0 Å². The van der Waals surface area contributed by atoms with Gasteiger partial charge in [0.25, 0.3) is 5.56 Å². The Morgan fingerprint density at radius 3 is 2.54 bits per heavy atom. The molecule has 0 unspecified atom stereocenters. The van der Waals surface area contributed by atoms with Crippen molar-refractivity contribution in [2.24, 2.45) is 7.05 Å². The summed E-state index contributed by atoms with van der Waals surface area (Å²) in [6.07, 6.45) is 0. The van der Waals surface area contributed by atoms with E-state index in [2.05, 4.69) is 48.1 Å². The van der Waals surface area contributed by atoms with E-state index in [1.54, 1.807) is 23.0 Å². The van der Waals surface area contributed by atoms with Gasteiger partial charge >= 0.3 is 0 Å². The van der Waals surface area contributed by atoms with Crippen LogP contribution < -0.4 is 5.56 Å². The Bertz CT molecular complexity index is 1200. The predicted octanol–water partition coefficient (Wildman–Crippen LogP) is 2.78. The van der Waals surface area contributed by atoms with E-state index in [1.165, 1.54) is 20.0 Å². The minimum absolute atomic E-state index is 0.00900. The molecule has 1 aliphatic heterocycles. The lowest BCUT2D eigenvalue weighted by atomic mass is 10.3. The van der Waals surface area contributed by atoms with Gasteiger partial charge in [-0.3, -0.25) is 23.6 Å². The van der Waals surface area contributed by atoms with E-state index in [-0.39, 0.29) is 5.56 Å². The molecule has 0 amide bonds. The van der Waals surface area contributed by atoms with E-state index < -0.39 is 0 Å². The molecule has 146 valence electrons. The minimum atomic E-state index is -0.00900. The molecule has 0 aliphatic carbocycles. The lowest BCUT2D eigenvalue weighted by Gasteiger charge is -2.34. The van der Waals surface area contributed by atoms with Crippen LogP contribution in [0.4, 0.5) is 0 Å². The molecule has 0 atom stereocenters. The van der Waals surface area contributed by atoms with Crippen LogP contribution in [0.15, 0.2) is 32.2 Å². The van der Waals surface area contributed by atoms with E-state index in [9.17, 15) is 4.79 Å². The molecule has 7 nitrogen and oxygen atoms in total. The second-order valence-corrected chi connectivity index (χ2v) is 10.5. The van der Waals surface area contributed by atoms with Crippen LogP contribution >= 0.6 is 38.6 Å². The van der Waals surface area contributed by atoms with Crippen LogP contribution in [0.3, 0.4) is 0 Å². The van der Waals surface area contributed by atoms with E-state index in [0.717, 1.165) is 55.3 Å². The molecule has 0 radical (unpaired) electrons. The summed E-state index contributed by atoms with van der Waals surface area (Å²) in [5.41, 5.74) is 0.898. The van der Waals surface area contributed by atoms with Crippen LogP contribution in [0.1, 0.15) is 10.7 Å². The van der Waals surface area contributed by atoms with Crippen LogP contribution in [0, 0.1) is 0 Å². The van der Waals surface area contributed by atoms with Gasteiger partial charge in [0.05, 0.1) is 15.8 Å². The van der Waals surface area contributed by atoms with Crippen molar-refractivity contribution in [3.63, 3.8) is 0 Å². The number of hydrogen-bond acceptors (Lipinski definition) is 7. The quantitative estimate of drug-likeness (QED) is 0.451. The van der Waals surface area contributed by atoms with Gasteiger partial charge in [0.15, 0.2) is 5.82 Å². The summed E-state index contributed by atoms with van der Waals surface area (Å²) in [6, 6.07) is 6.29. The first kappa shape index (κ1) is 18.4. The van der Waals surface area contributed by atoms with Crippen molar-refractivity contribution in [1.29, 1.82) is 0 Å². The summed E-state index contributed by atoms with van der Waals surface area (Å²) in [5, 5.41) is 10.7. The van der Waals surface area contributed by atoms with Crippen LogP contribution in [0.5, 0.6) is 0 Å². The maximum atomic E-state index is 12.5. The molecule has 1 aliphatic rings. The van der Waals surface area contributed by atoms with E-state index >= 15 is 0 Å². The van der Waals surface area contributed by atoms with E-state index in [1.807, 2.05) is 15.8 Å². The fourth-order valence-corrected chi connectivity index (χ4v) is 6.09. The van der Waals surface area contributed by atoms with Crippen molar-refractivity contribution in [3.05, 3.63) is 48.4 Å². The molecule has 0 saturated carbocycles. The molecule has 4 aromatic rings. The number of thiophene rings is 2. The third-order valence-corrected chi connectivity index (χ3v) is 7.74. The molecule has 10 heteroatoms. The summed E-state index contributed by atoms with van der Waals surface area (Å²) in [7, 11) is 1.76. The fourth-order valence-electron chi connectivity index (χ4n) is 3.72. The minimum Gasteiger partial charge on any atom is -0.296 e. The molecule has 28 heavy (non-hydrogen) atoms. The largest absolute Gasteiger partial charge is 0.296 e. The summed E-state index contributed by atoms with van der Waals surface area (Å²) >= 11 is 6.82. The van der Waals surface area contributed by atoms with Gasteiger partial charge in [0, 0.05) is 44.6 Å². The summed E-state index contributed by atoms with van der Waals surface area (Å²) in [5.74, 6) is 1.50. The molecule has 4 aromatic heterocycles. The number of hydrogen-bond donors (Lipinski definition) is 0. The van der Waals surface area contributed by atoms with Gasteiger partial charge in [0.2, 0.25) is 5.78 Å². The molecular formula is C18H19BrN6OS2. The number of nitrogens with zero attached hydrogens (tertiary/aromatic N) is 6. The standard InChI is InChI=1S/C18H19BrN6OS2/c1-22-17(26)16-13(4-9-27-16)25-15(20-21-18(22)25)11-24-7-5-23(6-8-24)10-12-2-3-14(19)28-12/h2-4,9H,5-8,10-11H2,1H3. The lowest BCUT2D eigenvalue weighted by Crippen LogP contribution is -2.45. The highest BCUT2D eigenvalue weighted by molar-refractivity contribution is 9.11. The topological polar surface area (TPSA) is 58.7 Å². The molecule has 0 bridgehead atoms. The van der Waals surface area contributed by atoms with Gasteiger partial charge in [-0.05, 0) is 39.5 Å². The molecule has 5 heterocycles. The Morgan fingerprint density at radius 1 is 1.07 bits per heavy atom. The number of rotatable bonds is 4. The molecular weight excluding hydrogens is 460 g/mol. The first-order chi connectivity index (χ1) is 13.6. The fraction of sp³-hybridized carbons (Fsp3) is 0.389. The first-order valence-electron chi connectivity index (χ1n) is 9.09. The molecule has 0 spiro atoms. The second kappa shape index (κ2) is 7.34.